The molecule has 3 rings (SSSR count). The molecule has 3 aromatic rings. The molecule has 3 aromatic carbocycles. The molecule has 5 heteroatoms. The van der Waals surface area contributed by atoms with Crippen LogP contribution >= 0.6 is 0 Å². The van der Waals surface area contributed by atoms with Crippen LogP contribution in [0.3, 0.4) is 0 Å². The lowest BCUT2D eigenvalue weighted by molar-refractivity contribution is -0.119. The van der Waals surface area contributed by atoms with Crippen LogP contribution in [-0.2, 0) is 37.8 Å². The van der Waals surface area contributed by atoms with Crippen LogP contribution in [0.15, 0.2) is 87.6 Å². The Balaban J connectivity index is 1.92. The Morgan fingerprint density at radius 1 is 0.590 bits per heavy atom. The van der Waals surface area contributed by atoms with Crippen LogP contribution in [0.2, 0.25) is 0 Å². The fraction of sp³-hybridized carbons (Fsp3) is 0.412. The van der Waals surface area contributed by atoms with E-state index in [9.17, 15) is 9.59 Å². The van der Waals surface area contributed by atoms with Gasteiger partial charge in [0, 0.05) is 12.0 Å². The minimum absolute atomic E-state index is 0.234. The van der Waals surface area contributed by atoms with Gasteiger partial charge in [-0.25, -0.2) is 0 Å². The van der Waals surface area contributed by atoms with E-state index in [1.807, 2.05) is 74.7 Å². The zero-order chi connectivity index (χ0) is 28.6. The Hall–Kier alpha value is -3.05. The fourth-order valence-electron chi connectivity index (χ4n) is 4.63. The number of benzene rings is 3. The van der Waals surface area contributed by atoms with E-state index in [0.29, 0.717) is 17.6 Å². The molecule has 0 spiro atoms. The second-order valence-corrected chi connectivity index (χ2v) is 14.2. The first-order valence-electron chi connectivity index (χ1n) is 14.0. The van der Waals surface area contributed by atoms with E-state index in [4.69, 9.17) is 0 Å². The number of hydrogen-bond donors (Lipinski definition) is 0. The van der Waals surface area contributed by atoms with Gasteiger partial charge in [-0.1, -0.05) is 107 Å². The van der Waals surface area contributed by atoms with Crippen LogP contribution in [-0.4, -0.2) is 18.1 Å². The van der Waals surface area contributed by atoms with Gasteiger partial charge in [-0.15, -0.1) is 0 Å². The molecule has 4 nitrogen and oxygen atoms in total. The minimum atomic E-state index is -2.29. The van der Waals surface area contributed by atoms with Gasteiger partial charge in [0.25, 0.3) is 11.8 Å². The number of hydrogen-bond acceptors (Lipinski definition) is 2. The van der Waals surface area contributed by atoms with Crippen LogP contribution in [0, 0.1) is 11.8 Å². The van der Waals surface area contributed by atoms with Gasteiger partial charge in [0.2, 0.25) is 0 Å². The monoisotopic (exact) mass is 544 g/mol. The molecule has 0 N–H and O–H groups in total. The molecule has 39 heavy (non-hydrogen) atoms. The SMILES string of the molecule is CC(C)Cc1ccc([C@H](C)C(=O)N=S(C)(Cc2ccccc2)=NC(=O)[C@@H](C)c2ccc(CC(C)C)cc2)cc1. The zero-order valence-electron chi connectivity index (χ0n) is 24.6. The van der Waals surface area contributed by atoms with Gasteiger partial charge in [-0.05, 0) is 76.0 Å². The molecular formula is C34H44N2O2S. The molecule has 0 heterocycles. The smallest absolute Gasteiger partial charge is 0.259 e. The molecule has 0 saturated carbocycles. The van der Waals surface area contributed by atoms with Crippen LogP contribution in [0.5, 0.6) is 0 Å². The Morgan fingerprint density at radius 3 is 1.33 bits per heavy atom. The lowest BCUT2D eigenvalue weighted by atomic mass is 9.96. The van der Waals surface area contributed by atoms with Crippen molar-refractivity contribution in [2.24, 2.45) is 20.6 Å². The van der Waals surface area contributed by atoms with Crippen molar-refractivity contribution < 1.29 is 9.59 Å². The van der Waals surface area contributed by atoms with Crippen molar-refractivity contribution >= 4 is 21.4 Å². The summed E-state index contributed by atoms with van der Waals surface area (Å²) in [5.41, 5.74) is 5.39. The summed E-state index contributed by atoms with van der Waals surface area (Å²) in [6.07, 6.45) is 3.88. The van der Waals surface area contributed by atoms with Crippen molar-refractivity contribution in [3.63, 3.8) is 0 Å². The maximum absolute atomic E-state index is 13.4. The summed E-state index contributed by atoms with van der Waals surface area (Å²) in [4.78, 5) is 26.9. The van der Waals surface area contributed by atoms with Crippen molar-refractivity contribution in [3.05, 3.63) is 107 Å². The summed E-state index contributed by atoms with van der Waals surface area (Å²) in [6, 6.07) is 26.3. The predicted molar refractivity (Wildman–Crippen MR) is 165 cm³/mol. The number of rotatable bonds is 10. The van der Waals surface area contributed by atoms with E-state index < -0.39 is 21.5 Å². The average molecular weight is 545 g/mol. The minimum Gasteiger partial charge on any atom is -0.271 e. The Kier molecular flexibility index (Phi) is 10.8. The summed E-state index contributed by atoms with van der Waals surface area (Å²) in [5, 5.41) is 0. The molecule has 0 aliphatic rings. The molecule has 0 unspecified atom stereocenters. The van der Waals surface area contributed by atoms with Crippen LogP contribution in [0.1, 0.15) is 81.2 Å². The predicted octanol–water partition coefficient (Wildman–Crippen LogP) is 8.40. The molecule has 0 radical (unpaired) electrons. The van der Waals surface area contributed by atoms with Crippen molar-refractivity contribution in [3.8, 4) is 0 Å². The number of nitrogens with zero attached hydrogens (tertiary/aromatic N) is 2. The van der Waals surface area contributed by atoms with E-state index in [0.717, 1.165) is 29.5 Å². The standard InChI is InChI=1S/C34H44N2O2S/c1-24(2)21-28-13-17-31(18-14-28)26(5)33(37)35-39(7,23-30-11-9-8-10-12-30)36-34(38)27(6)32-19-15-29(16-20-32)22-25(3)4/h8-20,24-27H,21-23H2,1-7H3/t26-,27-/m0/s1. The molecule has 0 aliphatic heterocycles. The van der Waals surface area contributed by atoms with E-state index >= 15 is 0 Å². The van der Waals surface area contributed by atoms with Gasteiger partial charge in [0.1, 0.15) is 0 Å². The largest absolute Gasteiger partial charge is 0.271 e. The van der Waals surface area contributed by atoms with Crippen LogP contribution in [0.25, 0.3) is 0 Å². The maximum atomic E-state index is 13.4. The normalized spacial score (nSPS) is 13.3. The van der Waals surface area contributed by atoms with Gasteiger partial charge in [0.15, 0.2) is 0 Å². The number of amides is 2. The lowest BCUT2D eigenvalue weighted by Gasteiger charge is -2.16. The first-order chi connectivity index (χ1) is 18.5. The zero-order valence-corrected chi connectivity index (χ0v) is 25.4. The third kappa shape index (κ3) is 9.28. The third-order valence-corrected chi connectivity index (χ3v) is 8.87. The molecular weight excluding hydrogens is 500 g/mol. The fourth-order valence-corrected chi connectivity index (χ4v) is 6.72. The Bertz CT molecular complexity index is 1280. The summed E-state index contributed by atoms with van der Waals surface area (Å²) in [7, 11) is -2.29. The van der Waals surface area contributed by atoms with E-state index in [2.05, 4.69) is 60.7 Å². The van der Waals surface area contributed by atoms with E-state index in [-0.39, 0.29) is 11.8 Å². The average Bonchev–Trinajstić information content (AvgIpc) is 2.88. The van der Waals surface area contributed by atoms with E-state index in [1.54, 1.807) is 0 Å². The molecule has 2 amide bonds. The van der Waals surface area contributed by atoms with Gasteiger partial charge >= 0.3 is 0 Å². The maximum Gasteiger partial charge on any atom is 0.259 e. The Morgan fingerprint density at radius 2 is 0.974 bits per heavy atom. The van der Waals surface area contributed by atoms with Crippen molar-refractivity contribution in [2.75, 3.05) is 6.26 Å². The van der Waals surface area contributed by atoms with Crippen molar-refractivity contribution in [1.82, 2.24) is 0 Å². The summed E-state index contributed by atoms with van der Waals surface area (Å²) in [5.74, 6) is 0.322. The number of carbonyl (C=O) groups is 2. The first-order valence-corrected chi connectivity index (χ1v) is 16.1. The molecule has 0 saturated heterocycles. The quantitative estimate of drug-likeness (QED) is 0.257. The number of carbonyl (C=O) groups excluding carboxylic acids is 2. The highest BCUT2D eigenvalue weighted by Crippen LogP contribution is 2.23. The first kappa shape index (κ1) is 30.5. The van der Waals surface area contributed by atoms with Crippen molar-refractivity contribution in [1.29, 1.82) is 0 Å². The molecule has 208 valence electrons. The highest BCUT2D eigenvalue weighted by molar-refractivity contribution is 7.94. The van der Waals surface area contributed by atoms with Crippen molar-refractivity contribution in [2.45, 2.75) is 72.0 Å². The topological polar surface area (TPSA) is 58.9 Å². The highest BCUT2D eigenvalue weighted by Gasteiger charge is 2.20. The lowest BCUT2D eigenvalue weighted by Crippen LogP contribution is -2.15. The van der Waals surface area contributed by atoms with E-state index in [1.165, 1.54) is 11.1 Å². The molecule has 0 bridgehead atoms. The van der Waals surface area contributed by atoms with Gasteiger partial charge in [-0.2, -0.15) is 8.73 Å². The Labute approximate surface area is 236 Å². The van der Waals surface area contributed by atoms with Crippen LogP contribution < -0.4 is 0 Å². The summed E-state index contributed by atoms with van der Waals surface area (Å²) in [6.45, 7) is 12.6. The molecule has 0 fully saturated rings. The highest BCUT2D eigenvalue weighted by atomic mass is 32.2. The van der Waals surface area contributed by atoms with Crippen LogP contribution in [0.4, 0.5) is 0 Å². The van der Waals surface area contributed by atoms with Gasteiger partial charge in [-0.3, -0.25) is 9.59 Å². The third-order valence-electron chi connectivity index (χ3n) is 6.84. The summed E-state index contributed by atoms with van der Waals surface area (Å²) >= 11 is 0. The second kappa shape index (κ2) is 13.8. The molecule has 0 aromatic heterocycles. The molecule has 0 aliphatic carbocycles. The van der Waals surface area contributed by atoms with Gasteiger partial charge < -0.3 is 0 Å². The molecule has 2 atom stereocenters. The summed E-state index contributed by atoms with van der Waals surface area (Å²) < 4.78 is 9.34. The second-order valence-electron chi connectivity index (χ2n) is 11.6. The van der Waals surface area contributed by atoms with Gasteiger partial charge in [0.05, 0.1) is 11.8 Å².